The molecule has 10 heteroatoms. The number of nitrogens with zero attached hydrogens (tertiary/aromatic N) is 4. The molecule has 1 amide bonds. The fourth-order valence-electron chi connectivity index (χ4n) is 3.80. The fourth-order valence-corrected chi connectivity index (χ4v) is 5.27. The van der Waals surface area contributed by atoms with E-state index < -0.39 is 0 Å². The number of fused-ring (bicyclic) bond motifs is 5. The summed E-state index contributed by atoms with van der Waals surface area (Å²) in [5.74, 6) is -0.0781. The second-order valence-electron chi connectivity index (χ2n) is 7.09. The van der Waals surface area contributed by atoms with Crippen LogP contribution in [0.2, 0.25) is 0 Å². The molecule has 2 N–H and O–H groups in total. The Morgan fingerprint density at radius 2 is 2.32 bits per heavy atom. The summed E-state index contributed by atoms with van der Waals surface area (Å²) in [4.78, 5) is 35.3. The standard InChI is InChI=1S/C18H17BrN6O2S/c1-9-3-2-4-24(9)8-13(26)21-10-5-11-15(20-6-10)16-14(17(27)22-11)18-25(23-16)7-12(19)28-18/h5-7,9H,2-4,8H2,1H3,(H,21,26)(H,22,27)/t9-/m1/s1. The van der Waals surface area contributed by atoms with Crippen molar-refractivity contribution in [2.24, 2.45) is 0 Å². The van der Waals surface area contributed by atoms with E-state index >= 15 is 0 Å². The van der Waals surface area contributed by atoms with Crippen molar-refractivity contribution in [2.75, 3.05) is 18.4 Å². The molecule has 1 aliphatic rings. The molecule has 0 aliphatic carbocycles. The number of aromatic nitrogens is 4. The Balaban J connectivity index is 1.50. The van der Waals surface area contributed by atoms with Crippen LogP contribution in [-0.2, 0) is 4.79 Å². The lowest BCUT2D eigenvalue weighted by molar-refractivity contribution is -0.117. The van der Waals surface area contributed by atoms with Gasteiger partial charge in [-0.3, -0.25) is 19.5 Å². The molecule has 1 fully saturated rings. The Morgan fingerprint density at radius 1 is 1.46 bits per heavy atom. The van der Waals surface area contributed by atoms with Crippen LogP contribution < -0.4 is 10.9 Å². The Bertz CT molecular complexity index is 1290. The van der Waals surface area contributed by atoms with Crippen LogP contribution in [0.3, 0.4) is 0 Å². The SMILES string of the molecule is C[C@@H]1CCCN1CC(=O)Nc1cnc2c(c1)[nH]c(=O)c1c2nn2cc(Br)sc12. The molecule has 0 saturated carbocycles. The van der Waals surface area contributed by atoms with Gasteiger partial charge in [0, 0.05) is 6.04 Å². The number of hydrogen-bond donors (Lipinski definition) is 2. The molecule has 5 heterocycles. The number of rotatable bonds is 3. The predicted octanol–water partition coefficient (Wildman–Crippen LogP) is 2.97. The summed E-state index contributed by atoms with van der Waals surface area (Å²) >= 11 is 4.86. The highest BCUT2D eigenvalue weighted by molar-refractivity contribution is 9.11. The summed E-state index contributed by atoms with van der Waals surface area (Å²) in [5, 5.41) is 7.92. The maximum absolute atomic E-state index is 12.6. The lowest BCUT2D eigenvalue weighted by Gasteiger charge is -2.20. The monoisotopic (exact) mass is 460 g/mol. The van der Waals surface area contributed by atoms with Crippen LogP contribution in [0.25, 0.3) is 26.8 Å². The van der Waals surface area contributed by atoms with Crippen molar-refractivity contribution >= 4 is 65.6 Å². The highest BCUT2D eigenvalue weighted by atomic mass is 79.9. The highest BCUT2D eigenvalue weighted by Crippen LogP contribution is 2.30. The summed E-state index contributed by atoms with van der Waals surface area (Å²) in [6, 6.07) is 2.16. The van der Waals surface area contributed by atoms with Crippen LogP contribution >= 0.6 is 27.3 Å². The molecule has 0 bridgehead atoms. The number of pyridine rings is 2. The molecule has 0 spiro atoms. The van der Waals surface area contributed by atoms with Crippen LogP contribution in [0, 0.1) is 0 Å². The quantitative estimate of drug-likeness (QED) is 0.489. The number of nitrogens with one attached hydrogen (secondary N) is 2. The Labute approximate surface area is 171 Å². The van der Waals surface area contributed by atoms with E-state index in [0.29, 0.717) is 40.2 Å². The average Bonchev–Trinajstić information content (AvgIpc) is 3.29. The van der Waals surface area contributed by atoms with E-state index in [0.717, 1.165) is 28.0 Å². The number of anilines is 1. The molecule has 1 atom stereocenters. The third kappa shape index (κ3) is 2.92. The van der Waals surface area contributed by atoms with Gasteiger partial charge in [-0.15, -0.1) is 11.3 Å². The largest absolute Gasteiger partial charge is 0.324 e. The Kier molecular flexibility index (Phi) is 4.22. The number of halogens is 1. The van der Waals surface area contributed by atoms with Gasteiger partial charge >= 0.3 is 0 Å². The number of carbonyl (C=O) groups excluding carboxylic acids is 1. The van der Waals surface area contributed by atoms with Gasteiger partial charge in [-0.1, -0.05) is 0 Å². The van der Waals surface area contributed by atoms with Crippen molar-refractivity contribution < 1.29 is 4.79 Å². The van der Waals surface area contributed by atoms with E-state index in [4.69, 9.17) is 0 Å². The minimum absolute atomic E-state index is 0.0781. The second-order valence-corrected chi connectivity index (χ2v) is 9.50. The van der Waals surface area contributed by atoms with Crippen LogP contribution in [0.5, 0.6) is 0 Å². The molecule has 0 unspecified atom stereocenters. The van der Waals surface area contributed by atoms with Crippen LogP contribution in [-0.4, -0.2) is 49.5 Å². The third-order valence-electron chi connectivity index (χ3n) is 5.19. The second kappa shape index (κ2) is 6.64. The molecule has 1 saturated heterocycles. The number of H-pyrrole nitrogens is 1. The average molecular weight is 461 g/mol. The first kappa shape index (κ1) is 17.8. The van der Waals surface area contributed by atoms with Gasteiger partial charge in [0.2, 0.25) is 5.91 Å². The summed E-state index contributed by atoms with van der Waals surface area (Å²) in [7, 11) is 0. The van der Waals surface area contributed by atoms with E-state index in [9.17, 15) is 9.59 Å². The summed E-state index contributed by atoms with van der Waals surface area (Å²) in [6.45, 7) is 3.45. The molecule has 1 aliphatic heterocycles. The third-order valence-corrected chi connectivity index (χ3v) is 6.77. The van der Waals surface area contributed by atoms with Gasteiger partial charge in [0.05, 0.1) is 33.9 Å². The number of hydrogen-bond acceptors (Lipinski definition) is 6. The van der Waals surface area contributed by atoms with Crippen molar-refractivity contribution in [3.8, 4) is 0 Å². The van der Waals surface area contributed by atoms with Crippen molar-refractivity contribution in [1.29, 1.82) is 0 Å². The smallest absolute Gasteiger partial charge is 0.261 e. The molecule has 5 rings (SSSR count). The first-order valence-corrected chi connectivity index (χ1v) is 10.6. The summed E-state index contributed by atoms with van der Waals surface area (Å²) in [5.41, 5.74) is 2.05. The molecular weight excluding hydrogens is 444 g/mol. The molecule has 4 aromatic rings. The van der Waals surface area contributed by atoms with Gasteiger partial charge < -0.3 is 10.3 Å². The maximum atomic E-state index is 12.6. The lowest BCUT2D eigenvalue weighted by Crippen LogP contribution is -2.35. The molecule has 0 aromatic carbocycles. The van der Waals surface area contributed by atoms with E-state index in [2.05, 4.69) is 48.1 Å². The fraction of sp³-hybridized carbons (Fsp3) is 0.333. The number of aromatic amines is 1. The molecule has 0 radical (unpaired) electrons. The maximum Gasteiger partial charge on any atom is 0.261 e. The Morgan fingerprint density at radius 3 is 3.11 bits per heavy atom. The molecule has 4 aromatic heterocycles. The molecule has 28 heavy (non-hydrogen) atoms. The van der Waals surface area contributed by atoms with Gasteiger partial charge in [0.15, 0.2) is 0 Å². The van der Waals surface area contributed by atoms with Gasteiger partial charge in [-0.25, -0.2) is 4.52 Å². The zero-order valence-electron chi connectivity index (χ0n) is 15.0. The molecule has 8 nitrogen and oxygen atoms in total. The zero-order valence-corrected chi connectivity index (χ0v) is 17.4. The van der Waals surface area contributed by atoms with Crippen LogP contribution in [0.15, 0.2) is 27.0 Å². The minimum atomic E-state index is -0.219. The Hall–Kier alpha value is -2.30. The van der Waals surface area contributed by atoms with E-state index in [1.165, 1.54) is 11.3 Å². The van der Waals surface area contributed by atoms with Gasteiger partial charge in [0.25, 0.3) is 5.56 Å². The van der Waals surface area contributed by atoms with Gasteiger partial charge in [0.1, 0.15) is 21.3 Å². The topological polar surface area (TPSA) is 95.4 Å². The van der Waals surface area contributed by atoms with Crippen molar-refractivity contribution in [2.45, 2.75) is 25.8 Å². The number of amides is 1. The van der Waals surface area contributed by atoms with Crippen molar-refractivity contribution in [3.63, 3.8) is 0 Å². The molecule has 144 valence electrons. The lowest BCUT2D eigenvalue weighted by atomic mass is 10.2. The van der Waals surface area contributed by atoms with Gasteiger partial charge in [-0.2, -0.15) is 5.10 Å². The highest BCUT2D eigenvalue weighted by Gasteiger charge is 2.22. The first-order chi connectivity index (χ1) is 13.5. The molecular formula is C18H17BrN6O2S. The van der Waals surface area contributed by atoms with Crippen LogP contribution in [0.1, 0.15) is 19.8 Å². The van der Waals surface area contributed by atoms with Gasteiger partial charge in [-0.05, 0) is 48.3 Å². The normalized spacial score (nSPS) is 17.9. The van der Waals surface area contributed by atoms with Crippen LogP contribution in [0.4, 0.5) is 5.69 Å². The van der Waals surface area contributed by atoms with Crippen molar-refractivity contribution in [1.82, 2.24) is 24.5 Å². The number of likely N-dealkylation sites (tertiary alicyclic amines) is 1. The van der Waals surface area contributed by atoms with E-state index in [-0.39, 0.29) is 11.5 Å². The predicted molar refractivity (Wildman–Crippen MR) is 113 cm³/mol. The summed E-state index contributed by atoms with van der Waals surface area (Å²) in [6.07, 6.45) is 5.68. The zero-order chi connectivity index (χ0) is 19.4. The van der Waals surface area contributed by atoms with Crippen molar-refractivity contribution in [3.05, 3.63) is 32.6 Å². The van der Waals surface area contributed by atoms with E-state index in [1.54, 1.807) is 16.8 Å². The summed E-state index contributed by atoms with van der Waals surface area (Å²) < 4.78 is 2.58. The van der Waals surface area contributed by atoms with E-state index in [1.807, 2.05) is 6.20 Å². The number of thiazole rings is 1. The number of carbonyl (C=O) groups is 1. The minimum Gasteiger partial charge on any atom is -0.324 e. The first-order valence-electron chi connectivity index (χ1n) is 9.03.